The maximum absolute atomic E-state index is 2.48. The summed E-state index contributed by atoms with van der Waals surface area (Å²) in [5.74, 6) is 0. The monoisotopic (exact) mass is 1050 g/mol. The fraction of sp³-hybridized carbons (Fsp3) is 0.400. The van der Waals surface area contributed by atoms with Crippen LogP contribution in [0.15, 0.2) is 95.7 Å². The van der Waals surface area contributed by atoms with E-state index in [0.717, 1.165) is 12.8 Å². The van der Waals surface area contributed by atoms with Gasteiger partial charge in [-0.25, -0.2) is 0 Å². The lowest BCUT2D eigenvalue weighted by atomic mass is 10.1. The van der Waals surface area contributed by atoms with Crippen LogP contribution in [0.4, 0.5) is 0 Å². The third-order valence-electron chi connectivity index (χ3n) is 12.8. The van der Waals surface area contributed by atoms with Gasteiger partial charge < -0.3 is 0 Å². The summed E-state index contributed by atoms with van der Waals surface area (Å²) in [4.78, 5) is 19.8. The molecular formula is C60H70S8. The molecule has 0 saturated carbocycles. The number of allylic oxidation sites excluding steroid dienone is 2. The first-order valence-corrected chi connectivity index (χ1v) is 32.3. The Balaban J connectivity index is 0.966. The van der Waals surface area contributed by atoms with Gasteiger partial charge in [0, 0.05) is 68.3 Å². The largest absolute Gasteiger partial charge is 0.143 e. The Hall–Kier alpha value is -2.92. The van der Waals surface area contributed by atoms with Gasteiger partial charge in [-0.05, 0) is 169 Å². The molecule has 0 N–H and O–H groups in total. The molecule has 0 bridgehead atoms. The summed E-state index contributed by atoms with van der Waals surface area (Å²) in [7, 11) is 0. The minimum absolute atomic E-state index is 1.15. The first-order chi connectivity index (χ1) is 33.5. The average Bonchev–Trinajstić information content (AvgIpc) is 4.20. The minimum Gasteiger partial charge on any atom is -0.143 e. The molecule has 8 aromatic rings. The van der Waals surface area contributed by atoms with Crippen LogP contribution in [0.25, 0.3) is 70.7 Å². The molecule has 0 radical (unpaired) electrons. The van der Waals surface area contributed by atoms with Crippen molar-refractivity contribution in [3.05, 3.63) is 128 Å². The smallest absolute Gasteiger partial charge is 0.0481 e. The van der Waals surface area contributed by atoms with Crippen LogP contribution in [0.1, 0.15) is 162 Å². The highest BCUT2D eigenvalue weighted by Crippen LogP contribution is 2.47. The van der Waals surface area contributed by atoms with Crippen LogP contribution in [-0.2, 0) is 25.7 Å². The lowest BCUT2D eigenvalue weighted by Crippen LogP contribution is -1.85. The van der Waals surface area contributed by atoms with E-state index in [4.69, 9.17) is 0 Å². The molecule has 68 heavy (non-hydrogen) atoms. The van der Waals surface area contributed by atoms with E-state index in [2.05, 4.69) is 136 Å². The molecule has 0 aliphatic rings. The first kappa shape index (κ1) is 51.4. The second-order valence-electron chi connectivity index (χ2n) is 18.2. The highest BCUT2D eigenvalue weighted by Gasteiger charge is 2.18. The van der Waals surface area contributed by atoms with Crippen molar-refractivity contribution in [3.63, 3.8) is 0 Å². The minimum atomic E-state index is 1.15. The summed E-state index contributed by atoms with van der Waals surface area (Å²) in [5, 5.41) is 4.58. The molecular weight excluding hydrogens is 977 g/mol. The molecule has 0 spiro atoms. The van der Waals surface area contributed by atoms with Crippen molar-refractivity contribution in [2.75, 3.05) is 0 Å². The molecule has 0 aliphatic heterocycles. The molecule has 0 unspecified atom stereocenters. The summed E-state index contributed by atoms with van der Waals surface area (Å²) in [6.07, 6.45) is 34.7. The molecule has 0 atom stereocenters. The molecule has 8 aromatic heterocycles. The molecule has 0 aromatic carbocycles. The lowest BCUT2D eigenvalue weighted by Gasteiger charge is -2.02. The maximum atomic E-state index is 2.48. The molecule has 8 heterocycles. The SMILES string of the molecule is CCCCCCc1ccsc1-c1ccc(-c2ccc(-c3sc(C=CC=Cc4cc(CCCCCC)c(-c5ccc(-c6ccc(-c7sccc7CCCCCC)s6)s5)s4)cc3CCCCCC)s2)s1. The Bertz CT molecular complexity index is 2580. The second-order valence-corrected chi connectivity index (χ2v) is 26.5. The topological polar surface area (TPSA) is 0 Å². The van der Waals surface area contributed by atoms with Crippen molar-refractivity contribution in [3.8, 4) is 58.5 Å². The van der Waals surface area contributed by atoms with Gasteiger partial charge in [0.05, 0.1) is 0 Å². The van der Waals surface area contributed by atoms with Gasteiger partial charge in [0.15, 0.2) is 0 Å². The Labute approximate surface area is 441 Å². The van der Waals surface area contributed by atoms with Crippen LogP contribution in [0.5, 0.6) is 0 Å². The van der Waals surface area contributed by atoms with Crippen LogP contribution in [0.3, 0.4) is 0 Å². The van der Waals surface area contributed by atoms with Crippen molar-refractivity contribution < 1.29 is 0 Å². The van der Waals surface area contributed by atoms with Crippen LogP contribution < -0.4 is 0 Å². The highest BCUT2D eigenvalue weighted by atomic mass is 32.1. The van der Waals surface area contributed by atoms with Gasteiger partial charge in [0.25, 0.3) is 0 Å². The molecule has 0 nitrogen and oxygen atoms in total. The van der Waals surface area contributed by atoms with Gasteiger partial charge in [-0.15, -0.1) is 90.7 Å². The molecule has 0 fully saturated rings. The normalized spacial score (nSPS) is 12.0. The van der Waals surface area contributed by atoms with Crippen molar-refractivity contribution in [1.82, 2.24) is 0 Å². The van der Waals surface area contributed by atoms with E-state index in [0.29, 0.717) is 0 Å². The first-order valence-electron chi connectivity index (χ1n) is 25.7. The van der Waals surface area contributed by atoms with E-state index in [1.807, 2.05) is 90.7 Å². The number of unbranched alkanes of at least 4 members (excludes halogenated alkanes) is 12. The summed E-state index contributed by atoms with van der Waals surface area (Å²) in [5.41, 5.74) is 6.09. The summed E-state index contributed by atoms with van der Waals surface area (Å²) < 4.78 is 0. The third-order valence-corrected chi connectivity index (χ3v) is 22.4. The molecule has 0 saturated heterocycles. The van der Waals surface area contributed by atoms with Crippen molar-refractivity contribution >= 4 is 103 Å². The summed E-state index contributed by atoms with van der Waals surface area (Å²) in [6, 6.07) is 28.6. The molecule has 0 aliphatic carbocycles. The zero-order valence-electron chi connectivity index (χ0n) is 40.8. The Morgan fingerprint density at radius 2 is 0.618 bits per heavy atom. The fourth-order valence-electron chi connectivity index (χ4n) is 8.99. The van der Waals surface area contributed by atoms with Crippen molar-refractivity contribution in [1.29, 1.82) is 0 Å². The molecule has 0 amide bonds. The van der Waals surface area contributed by atoms with Gasteiger partial charge in [0.2, 0.25) is 0 Å². The van der Waals surface area contributed by atoms with E-state index in [9.17, 15) is 0 Å². The van der Waals surface area contributed by atoms with Crippen molar-refractivity contribution in [2.24, 2.45) is 0 Å². The highest BCUT2D eigenvalue weighted by molar-refractivity contribution is 7.29. The van der Waals surface area contributed by atoms with Gasteiger partial charge in [0.1, 0.15) is 0 Å². The lowest BCUT2D eigenvalue weighted by molar-refractivity contribution is 0.668. The van der Waals surface area contributed by atoms with Crippen LogP contribution in [0, 0.1) is 0 Å². The fourth-order valence-corrected chi connectivity index (χ4v) is 18.0. The van der Waals surface area contributed by atoms with Gasteiger partial charge in [-0.1, -0.05) is 117 Å². The number of hydrogen-bond donors (Lipinski definition) is 0. The Morgan fingerprint density at radius 1 is 0.309 bits per heavy atom. The van der Waals surface area contributed by atoms with Crippen LogP contribution >= 0.6 is 90.7 Å². The van der Waals surface area contributed by atoms with E-state index in [-0.39, 0.29) is 0 Å². The van der Waals surface area contributed by atoms with Crippen LogP contribution in [0.2, 0.25) is 0 Å². The van der Waals surface area contributed by atoms with Gasteiger partial charge >= 0.3 is 0 Å². The molecule has 358 valence electrons. The number of aryl methyl sites for hydroxylation is 4. The maximum Gasteiger partial charge on any atom is 0.0481 e. The predicted octanol–water partition coefficient (Wildman–Crippen LogP) is 23.4. The van der Waals surface area contributed by atoms with Gasteiger partial charge in [-0.2, -0.15) is 0 Å². The quantitative estimate of drug-likeness (QED) is 0.0324. The number of hydrogen-bond acceptors (Lipinski definition) is 8. The van der Waals surface area contributed by atoms with E-state index >= 15 is 0 Å². The Morgan fingerprint density at radius 3 is 0.956 bits per heavy atom. The number of thiophene rings is 8. The van der Waals surface area contributed by atoms with Crippen molar-refractivity contribution in [2.45, 2.75) is 156 Å². The predicted molar refractivity (Wildman–Crippen MR) is 318 cm³/mol. The summed E-state index contributed by atoms with van der Waals surface area (Å²) in [6.45, 7) is 9.21. The summed E-state index contributed by atoms with van der Waals surface area (Å²) >= 11 is 15.6. The Kier molecular flexibility index (Phi) is 20.5. The zero-order valence-corrected chi connectivity index (χ0v) is 47.3. The molecule has 8 heteroatoms. The van der Waals surface area contributed by atoms with E-state index < -0.39 is 0 Å². The standard InChI is InChI=1S/C60H70S8/c1-5-9-13-17-23-43-37-39-61-57(43)53-33-29-49(65-53)51-31-35-55(67-51)59-45(25-19-15-11-7-3)41-47(63-59)27-21-22-28-48-42-46(26-20-16-12-8-4)60(64-48)56-36-32-52(68-56)50-30-34-54(66-50)58-44(38-40-62-58)24-18-14-10-6-2/h21-22,27-42H,5-20,23-26H2,1-4H3. The van der Waals surface area contributed by atoms with E-state index in [1.54, 1.807) is 0 Å². The van der Waals surface area contributed by atoms with Gasteiger partial charge in [-0.3, -0.25) is 0 Å². The number of rotatable bonds is 29. The van der Waals surface area contributed by atoms with E-state index in [1.165, 1.54) is 206 Å². The average molecular weight is 1050 g/mol. The zero-order chi connectivity index (χ0) is 46.9. The third kappa shape index (κ3) is 13.9. The molecule has 8 rings (SSSR count). The second kappa shape index (κ2) is 27.1. The van der Waals surface area contributed by atoms with Crippen LogP contribution in [-0.4, -0.2) is 0 Å².